The Morgan fingerprint density at radius 3 is 3.00 bits per heavy atom. The molecule has 1 nitrogen and oxygen atoms in total. The van der Waals surface area contributed by atoms with Crippen molar-refractivity contribution in [2.75, 3.05) is 0 Å². The highest BCUT2D eigenvalue weighted by Gasteiger charge is 2.05. The fraction of sp³-hybridized carbons (Fsp3) is 0.182. The van der Waals surface area contributed by atoms with E-state index in [4.69, 9.17) is 0 Å². The highest BCUT2D eigenvalue weighted by Crippen LogP contribution is 2.25. The molecule has 2 heteroatoms. The van der Waals surface area contributed by atoms with Crippen molar-refractivity contribution in [1.29, 1.82) is 0 Å². The lowest BCUT2D eigenvalue weighted by Gasteiger charge is -2.09. The van der Waals surface area contributed by atoms with Crippen molar-refractivity contribution in [2.45, 2.75) is 12.8 Å². The third-order valence-corrected chi connectivity index (χ3v) is 2.32. The molecule has 0 radical (unpaired) electrons. The Bertz CT molecular complexity index is 308. The Kier molecular flexibility index (Phi) is 3.90. The molecule has 0 aliphatic heterocycles. The van der Waals surface area contributed by atoms with E-state index in [1.165, 1.54) is 5.57 Å². The quantitative estimate of drug-likeness (QED) is 0.664. The van der Waals surface area contributed by atoms with E-state index in [1.54, 1.807) is 12.3 Å². The van der Waals surface area contributed by atoms with Crippen molar-refractivity contribution in [3.8, 4) is 0 Å². The summed E-state index contributed by atoms with van der Waals surface area (Å²) in [5.41, 5.74) is 2.01. The summed E-state index contributed by atoms with van der Waals surface area (Å²) in [7, 11) is 0. The van der Waals surface area contributed by atoms with E-state index in [9.17, 15) is 0 Å². The molecule has 0 aromatic rings. The number of hydrogen-bond donors (Lipinski definition) is 0. The van der Waals surface area contributed by atoms with E-state index in [0.29, 0.717) is 0 Å². The Balaban J connectivity index is 2.72. The van der Waals surface area contributed by atoms with Crippen LogP contribution in [0.1, 0.15) is 12.8 Å². The molecule has 0 bridgehead atoms. The van der Waals surface area contributed by atoms with Crippen molar-refractivity contribution < 1.29 is 0 Å². The lowest BCUT2D eigenvalue weighted by atomic mass is 10.0. The second kappa shape index (κ2) is 4.97. The van der Waals surface area contributed by atoms with Crippen molar-refractivity contribution in [3.63, 3.8) is 0 Å². The van der Waals surface area contributed by atoms with Crippen LogP contribution in [-0.2, 0) is 0 Å². The van der Waals surface area contributed by atoms with E-state index >= 15 is 0 Å². The van der Waals surface area contributed by atoms with Crippen LogP contribution in [-0.4, -0.2) is 6.21 Å². The van der Waals surface area contributed by atoms with Gasteiger partial charge in [0.1, 0.15) is 0 Å². The fourth-order valence-electron chi connectivity index (χ4n) is 1.12. The van der Waals surface area contributed by atoms with Crippen LogP contribution >= 0.6 is 15.9 Å². The average Bonchev–Trinajstić information content (AvgIpc) is 2.14. The molecule has 0 spiro atoms. The fourth-order valence-corrected chi connectivity index (χ4v) is 1.62. The van der Waals surface area contributed by atoms with Gasteiger partial charge in [-0.3, -0.25) is 4.99 Å². The van der Waals surface area contributed by atoms with Crippen LogP contribution in [0, 0.1) is 0 Å². The van der Waals surface area contributed by atoms with Crippen LogP contribution in [0.2, 0.25) is 0 Å². The highest BCUT2D eigenvalue weighted by molar-refractivity contribution is 9.11. The summed E-state index contributed by atoms with van der Waals surface area (Å²) in [5, 5.41) is 0. The standard InChI is InChI=1S/C11H12BrN/c1-3-7-13-9(2)10-5-4-6-11(12)8-10/h3,6-8H,1-2,4-5H2. The zero-order valence-corrected chi connectivity index (χ0v) is 9.05. The van der Waals surface area contributed by atoms with Gasteiger partial charge < -0.3 is 0 Å². The molecule has 0 saturated heterocycles. The second-order valence-corrected chi connectivity index (χ2v) is 3.67. The molecule has 0 atom stereocenters. The SMILES string of the molecule is C=CC=NC(=C)C1=CC(Br)=CCC1. The monoisotopic (exact) mass is 237 g/mol. The number of hydrogen-bond acceptors (Lipinski definition) is 1. The van der Waals surface area contributed by atoms with Gasteiger partial charge in [0.05, 0.1) is 5.70 Å². The zero-order chi connectivity index (χ0) is 9.68. The normalized spacial score (nSPS) is 16.7. The molecule has 13 heavy (non-hydrogen) atoms. The van der Waals surface area contributed by atoms with Crippen LogP contribution in [0.25, 0.3) is 0 Å². The minimum absolute atomic E-state index is 0.824. The molecular formula is C11H12BrN. The predicted octanol–water partition coefficient (Wildman–Crippen LogP) is 3.76. The lowest BCUT2D eigenvalue weighted by molar-refractivity contribution is 0.963. The third kappa shape index (κ3) is 3.15. The van der Waals surface area contributed by atoms with E-state index in [2.05, 4.69) is 46.2 Å². The number of halogens is 1. The topological polar surface area (TPSA) is 12.4 Å². The summed E-state index contributed by atoms with van der Waals surface area (Å²) in [4.78, 5) is 4.15. The molecule has 0 fully saturated rings. The summed E-state index contributed by atoms with van der Waals surface area (Å²) in [5.74, 6) is 0. The first-order valence-corrected chi connectivity index (χ1v) is 4.94. The Morgan fingerprint density at radius 1 is 1.62 bits per heavy atom. The second-order valence-electron chi connectivity index (χ2n) is 2.76. The number of nitrogens with zero attached hydrogens (tertiary/aromatic N) is 1. The molecular weight excluding hydrogens is 226 g/mol. The van der Waals surface area contributed by atoms with Crippen molar-refractivity contribution in [2.24, 2.45) is 4.99 Å². The summed E-state index contributed by atoms with van der Waals surface area (Å²) in [6.07, 6.45) is 9.59. The van der Waals surface area contributed by atoms with Gasteiger partial charge in [-0.05, 0) is 24.5 Å². The maximum Gasteiger partial charge on any atom is 0.0590 e. The molecule has 0 N–H and O–H groups in total. The smallest absolute Gasteiger partial charge is 0.0590 e. The zero-order valence-electron chi connectivity index (χ0n) is 7.46. The van der Waals surface area contributed by atoms with Crippen molar-refractivity contribution >= 4 is 22.1 Å². The van der Waals surface area contributed by atoms with Gasteiger partial charge in [0.25, 0.3) is 0 Å². The first-order chi connectivity index (χ1) is 6.24. The van der Waals surface area contributed by atoms with E-state index in [1.807, 2.05) is 0 Å². The van der Waals surface area contributed by atoms with Crippen LogP contribution < -0.4 is 0 Å². The molecule has 0 heterocycles. The van der Waals surface area contributed by atoms with Gasteiger partial charge in [-0.2, -0.15) is 0 Å². The van der Waals surface area contributed by atoms with Crippen LogP contribution in [0.5, 0.6) is 0 Å². The summed E-state index contributed by atoms with van der Waals surface area (Å²) in [6.45, 7) is 7.45. The molecule has 1 aliphatic carbocycles. The van der Waals surface area contributed by atoms with Crippen LogP contribution in [0.3, 0.4) is 0 Å². The van der Waals surface area contributed by atoms with Gasteiger partial charge in [-0.15, -0.1) is 0 Å². The third-order valence-electron chi connectivity index (χ3n) is 1.77. The number of allylic oxidation sites excluding steroid dienone is 5. The van der Waals surface area contributed by atoms with Crippen LogP contribution in [0.4, 0.5) is 0 Å². The molecule has 68 valence electrons. The average molecular weight is 238 g/mol. The Morgan fingerprint density at radius 2 is 2.38 bits per heavy atom. The van der Waals surface area contributed by atoms with Crippen LogP contribution in [0.15, 0.2) is 52.1 Å². The Hall–Kier alpha value is -0.890. The van der Waals surface area contributed by atoms with Crippen molar-refractivity contribution in [3.05, 3.63) is 47.1 Å². The van der Waals surface area contributed by atoms with Crippen molar-refractivity contribution in [1.82, 2.24) is 0 Å². The molecule has 0 aromatic heterocycles. The van der Waals surface area contributed by atoms with Gasteiger partial charge in [0, 0.05) is 10.7 Å². The van der Waals surface area contributed by atoms with E-state index in [-0.39, 0.29) is 0 Å². The van der Waals surface area contributed by atoms with Gasteiger partial charge in [-0.25, -0.2) is 0 Å². The molecule has 0 unspecified atom stereocenters. The summed E-state index contributed by atoms with van der Waals surface area (Å²) < 4.78 is 1.11. The minimum atomic E-state index is 0.824. The maximum absolute atomic E-state index is 4.15. The summed E-state index contributed by atoms with van der Waals surface area (Å²) in [6, 6.07) is 0. The van der Waals surface area contributed by atoms with E-state index < -0.39 is 0 Å². The Labute approximate surface area is 87.4 Å². The summed E-state index contributed by atoms with van der Waals surface area (Å²) >= 11 is 3.44. The van der Waals surface area contributed by atoms with Gasteiger partial charge >= 0.3 is 0 Å². The highest BCUT2D eigenvalue weighted by atomic mass is 79.9. The lowest BCUT2D eigenvalue weighted by Crippen LogP contribution is -1.91. The molecule has 0 saturated carbocycles. The molecule has 1 rings (SSSR count). The molecule has 0 aromatic carbocycles. The van der Waals surface area contributed by atoms with Gasteiger partial charge in [0.2, 0.25) is 0 Å². The van der Waals surface area contributed by atoms with Gasteiger partial charge in [0.15, 0.2) is 0 Å². The minimum Gasteiger partial charge on any atom is -0.257 e. The number of rotatable bonds is 3. The first-order valence-electron chi connectivity index (χ1n) is 4.14. The van der Waals surface area contributed by atoms with Gasteiger partial charge in [-0.1, -0.05) is 41.2 Å². The maximum atomic E-state index is 4.15. The predicted molar refractivity (Wildman–Crippen MR) is 62.2 cm³/mol. The first kappa shape index (κ1) is 10.2. The van der Waals surface area contributed by atoms with E-state index in [0.717, 1.165) is 23.0 Å². The molecule has 1 aliphatic rings. The largest absolute Gasteiger partial charge is 0.257 e. The number of aliphatic imine (C=N–C) groups is 1. The molecule has 0 amide bonds.